The number of hydrogen-bond donors (Lipinski definition) is 7. The van der Waals surface area contributed by atoms with Gasteiger partial charge in [-0.3, -0.25) is 59.2 Å². The molecule has 53 heavy (non-hydrogen) atoms. The number of nitrogens with zero attached hydrogens (tertiary/aromatic N) is 4. The Morgan fingerprint density at radius 3 is 1.58 bits per heavy atom. The van der Waals surface area contributed by atoms with Gasteiger partial charge in [-0.15, -0.1) is 0 Å². The molecule has 2 amide bonds. The number of rotatable bonds is 13. The second-order valence-corrected chi connectivity index (χ2v) is 12.4. The van der Waals surface area contributed by atoms with E-state index in [9.17, 15) is 54.3 Å². The lowest BCUT2D eigenvalue weighted by molar-refractivity contribution is -0.145. The number of phenols is 1. The van der Waals surface area contributed by atoms with E-state index in [4.69, 9.17) is 4.74 Å². The Morgan fingerprint density at radius 1 is 0.642 bits per heavy atom. The first-order valence-electron chi connectivity index (χ1n) is 16.6. The zero-order valence-electron chi connectivity index (χ0n) is 28.7. The molecule has 3 aromatic rings. The topological polar surface area (TPSA) is 250 Å². The van der Waals surface area contributed by atoms with Gasteiger partial charge in [-0.2, -0.15) is 0 Å². The summed E-state index contributed by atoms with van der Waals surface area (Å²) in [5, 5.41) is 50.4. The summed E-state index contributed by atoms with van der Waals surface area (Å²) in [4.78, 5) is 78.8. The number of carboxylic acids is 4. The molecule has 18 nitrogen and oxygen atoms in total. The maximum Gasteiger partial charge on any atom is 0.325 e. The summed E-state index contributed by atoms with van der Waals surface area (Å²) in [5.41, 5.74) is 4.74. The first-order chi connectivity index (χ1) is 25.3. The van der Waals surface area contributed by atoms with Crippen molar-refractivity contribution in [3.63, 3.8) is 0 Å². The van der Waals surface area contributed by atoms with Crippen molar-refractivity contribution in [2.45, 2.75) is 6.04 Å². The highest BCUT2D eigenvalue weighted by Crippen LogP contribution is 2.26. The number of nitrogens with one attached hydrogen (secondary N) is 2. The molecule has 0 bridgehead atoms. The van der Waals surface area contributed by atoms with Crippen LogP contribution in [0.4, 0.5) is 0 Å². The normalized spacial score (nSPS) is 16.1. The third-order valence-corrected chi connectivity index (χ3v) is 8.54. The average Bonchev–Trinajstić information content (AvgIpc) is 3.10. The van der Waals surface area contributed by atoms with Crippen molar-refractivity contribution in [3.8, 4) is 11.5 Å². The van der Waals surface area contributed by atoms with Gasteiger partial charge in [0.1, 0.15) is 17.5 Å². The van der Waals surface area contributed by atoms with Crippen molar-refractivity contribution < 1.29 is 59.0 Å². The van der Waals surface area contributed by atoms with Gasteiger partial charge in [0.2, 0.25) is 0 Å². The Morgan fingerprint density at radius 2 is 1.11 bits per heavy atom. The number of ether oxygens (including phenoxy) is 1. The molecule has 0 saturated carbocycles. The number of aliphatic carboxylic acids is 4. The minimum absolute atomic E-state index is 0.0441. The number of benzene rings is 3. The molecule has 7 N–H and O–H groups in total. The molecule has 0 radical (unpaired) electrons. The van der Waals surface area contributed by atoms with Crippen molar-refractivity contribution >= 4 is 46.5 Å². The van der Waals surface area contributed by atoms with E-state index in [0.29, 0.717) is 10.9 Å². The first-order valence-corrected chi connectivity index (χ1v) is 16.6. The summed E-state index contributed by atoms with van der Waals surface area (Å²) in [6.07, 6.45) is 0. The van der Waals surface area contributed by atoms with E-state index >= 15 is 0 Å². The molecule has 284 valence electrons. The number of aromatic hydroxyl groups is 1. The number of amides is 2. The largest absolute Gasteiger partial charge is 0.507 e. The molecule has 1 fully saturated rings. The van der Waals surface area contributed by atoms with Crippen LogP contribution in [0, 0.1) is 0 Å². The average molecular weight is 739 g/mol. The Labute approximate surface area is 303 Å². The highest BCUT2D eigenvalue weighted by atomic mass is 16.5. The van der Waals surface area contributed by atoms with E-state index in [-0.39, 0.29) is 89.1 Å². The summed E-state index contributed by atoms with van der Waals surface area (Å²) < 4.78 is 5.52. The van der Waals surface area contributed by atoms with Crippen molar-refractivity contribution in [2.24, 2.45) is 0 Å². The number of carbonyl (C=O) groups is 6. The zero-order chi connectivity index (χ0) is 38.5. The summed E-state index contributed by atoms with van der Waals surface area (Å²) in [6, 6.07) is 14.8. The fourth-order valence-corrected chi connectivity index (χ4v) is 5.90. The lowest BCUT2D eigenvalue weighted by Crippen LogP contribution is -2.49. The third-order valence-electron chi connectivity index (χ3n) is 8.54. The quantitative estimate of drug-likeness (QED) is 0.114. The molecule has 1 aliphatic rings. The van der Waals surface area contributed by atoms with Crippen molar-refractivity contribution in [3.05, 3.63) is 71.8 Å². The van der Waals surface area contributed by atoms with Gasteiger partial charge in [-0.25, -0.2) is 0 Å². The molecule has 0 aliphatic carbocycles. The van der Waals surface area contributed by atoms with Gasteiger partial charge in [0, 0.05) is 52.4 Å². The van der Waals surface area contributed by atoms with Crippen LogP contribution in [-0.4, -0.2) is 159 Å². The fraction of sp³-hybridized carbons (Fsp3) is 0.371. The van der Waals surface area contributed by atoms with Gasteiger partial charge in [0.05, 0.1) is 25.2 Å². The van der Waals surface area contributed by atoms with Gasteiger partial charge < -0.3 is 30.3 Å². The number of phenolic OH excluding ortho intramolecular Hbond substituents is 1. The number of carbonyl (C=O) groups excluding carboxylic acids is 2. The van der Waals surface area contributed by atoms with Crippen LogP contribution in [0.25, 0.3) is 10.8 Å². The monoisotopic (exact) mass is 738 g/mol. The smallest absolute Gasteiger partial charge is 0.325 e. The minimum Gasteiger partial charge on any atom is -0.507 e. The second kappa shape index (κ2) is 19.1. The molecule has 3 aromatic carbocycles. The molecule has 1 heterocycles. The van der Waals surface area contributed by atoms with E-state index in [0.717, 1.165) is 5.39 Å². The van der Waals surface area contributed by atoms with Gasteiger partial charge >= 0.3 is 23.9 Å². The van der Waals surface area contributed by atoms with Crippen molar-refractivity contribution in [2.75, 3.05) is 78.6 Å². The van der Waals surface area contributed by atoms with Crippen LogP contribution >= 0.6 is 0 Å². The minimum atomic E-state index is -1.22. The van der Waals surface area contributed by atoms with Crippen LogP contribution in [0.3, 0.4) is 0 Å². The van der Waals surface area contributed by atoms with Crippen LogP contribution < -0.4 is 15.6 Å². The number of fused-ring (bicyclic) bond motifs is 1. The van der Waals surface area contributed by atoms with Crippen LogP contribution in [-0.2, 0) is 24.0 Å². The molecule has 1 atom stereocenters. The SMILES string of the molecule is O=C(O)CN1CCN(CC(=O)O)CCN(C(C(=O)O)c2ccc(OCC(=O)NNC(=O)c3cc4ccccc4cc3O)cc2)CCN(CC(=O)O)CC1. The standard InChI is InChI=1S/C35H42N6O12/c42-28-18-25-4-2-1-3-24(25)17-27(28)34(50)37-36-29(43)22-53-26-7-5-23(6-8-26)33(35(51)52)41-15-13-39(20-31(46)47)11-9-38(19-30(44)45)10-12-40(14-16-41)21-32(48)49/h1-8,17-18,33,42H,9-16,19-22H2,(H,36,43)(H,37,50)(H,44,45)(H,46,47)(H,48,49)(H,51,52). The molecule has 4 rings (SSSR count). The summed E-state index contributed by atoms with van der Waals surface area (Å²) in [7, 11) is 0. The van der Waals surface area contributed by atoms with E-state index in [1.165, 1.54) is 36.4 Å². The maximum atomic E-state index is 12.7. The number of hydrogen-bond acceptors (Lipinski definition) is 12. The molecule has 0 spiro atoms. The van der Waals surface area contributed by atoms with Gasteiger partial charge in [0.15, 0.2) is 6.61 Å². The van der Waals surface area contributed by atoms with Gasteiger partial charge in [0.25, 0.3) is 11.8 Å². The highest BCUT2D eigenvalue weighted by molar-refractivity contribution is 6.02. The van der Waals surface area contributed by atoms with Crippen molar-refractivity contribution in [1.82, 2.24) is 30.5 Å². The first kappa shape index (κ1) is 40.0. The number of hydrazine groups is 1. The van der Waals surface area contributed by atoms with Crippen LogP contribution in [0.5, 0.6) is 11.5 Å². The summed E-state index contributed by atoms with van der Waals surface area (Å²) >= 11 is 0. The van der Waals surface area contributed by atoms with Gasteiger partial charge in [-0.1, -0.05) is 36.4 Å². The second-order valence-electron chi connectivity index (χ2n) is 12.4. The highest BCUT2D eigenvalue weighted by Gasteiger charge is 2.29. The van der Waals surface area contributed by atoms with Crippen molar-refractivity contribution in [1.29, 1.82) is 0 Å². The third kappa shape index (κ3) is 12.4. The lowest BCUT2D eigenvalue weighted by Gasteiger charge is -2.35. The molecular weight excluding hydrogens is 696 g/mol. The Kier molecular flexibility index (Phi) is 14.4. The fourth-order valence-electron chi connectivity index (χ4n) is 5.90. The molecule has 18 heteroatoms. The van der Waals surface area contributed by atoms with Crippen LogP contribution in [0.15, 0.2) is 60.7 Å². The summed E-state index contributed by atoms with van der Waals surface area (Å²) in [5.74, 6) is -6.01. The predicted molar refractivity (Wildman–Crippen MR) is 187 cm³/mol. The Bertz CT molecular complexity index is 1760. The number of carboxylic acid groups (broad SMARTS) is 4. The molecule has 1 saturated heterocycles. The maximum absolute atomic E-state index is 12.7. The van der Waals surface area contributed by atoms with E-state index in [1.807, 2.05) is 0 Å². The van der Waals surface area contributed by atoms with Crippen LogP contribution in [0.2, 0.25) is 0 Å². The van der Waals surface area contributed by atoms with E-state index in [2.05, 4.69) is 10.9 Å². The van der Waals surface area contributed by atoms with E-state index < -0.39 is 48.3 Å². The predicted octanol–water partition coefficient (Wildman–Crippen LogP) is -0.0135. The molecule has 0 aromatic heterocycles. The summed E-state index contributed by atoms with van der Waals surface area (Å²) in [6.45, 7) is -0.347. The molecular formula is C35H42N6O12. The Hall–Kier alpha value is -5.82. The van der Waals surface area contributed by atoms with Crippen LogP contribution in [0.1, 0.15) is 22.0 Å². The van der Waals surface area contributed by atoms with E-state index in [1.54, 1.807) is 43.9 Å². The molecule has 1 aliphatic heterocycles. The zero-order valence-corrected chi connectivity index (χ0v) is 28.7. The van der Waals surface area contributed by atoms with Gasteiger partial charge in [-0.05, 0) is 40.6 Å². The lowest BCUT2D eigenvalue weighted by atomic mass is 10.0. The Balaban J connectivity index is 1.41. The molecule has 1 unspecified atom stereocenters.